The molecule has 1 amide bonds. The van der Waals surface area contributed by atoms with Gasteiger partial charge in [-0.05, 0) is 43.2 Å². The van der Waals surface area contributed by atoms with Gasteiger partial charge in [0.25, 0.3) is 0 Å². The van der Waals surface area contributed by atoms with E-state index in [1.54, 1.807) is 12.1 Å². The van der Waals surface area contributed by atoms with E-state index in [-0.39, 0.29) is 11.9 Å². The largest absolute Gasteiger partial charge is 0.374 e. The molecule has 0 aliphatic carbocycles. The lowest BCUT2D eigenvalue weighted by atomic mass is 10.1. The van der Waals surface area contributed by atoms with Gasteiger partial charge in [0.1, 0.15) is 11.9 Å². The number of carbonyl (C=O) groups is 1. The minimum atomic E-state index is -0.366. The van der Waals surface area contributed by atoms with Crippen molar-refractivity contribution in [2.24, 2.45) is 0 Å². The molecule has 4 nitrogen and oxygen atoms in total. The number of hydrogen-bond donors (Lipinski definition) is 2. The van der Waals surface area contributed by atoms with Gasteiger partial charge < -0.3 is 10.6 Å². The van der Waals surface area contributed by atoms with Crippen LogP contribution in [0.5, 0.6) is 0 Å². The van der Waals surface area contributed by atoms with Crippen molar-refractivity contribution in [1.29, 1.82) is 0 Å². The minimum absolute atomic E-state index is 0.147. The summed E-state index contributed by atoms with van der Waals surface area (Å²) in [5.74, 6) is 0.340. The lowest BCUT2D eigenvalue weighted by Crippen LogP contribution is -2.32. The molecule has 1 aromatic heterocycles. The molecule has 110 valence electrons. The van der Waals surface area contributed by atoms with E-state index in [4.69, 9.17) is 11.6 Å². The molecular weight excluding hydrogens is 286 g/mol. The van der Waals surface area contributed by atoms with Gasteiger partial charge >= 0.3 is 0 Å². The van der Waals surface area contributed by atoms with E-state index in [2.05, 4.69) is 28.6 Å². The van der Waals surface area contributed by atoms with Crippen molar-refractivity contribution in [1.82, 2.24) is 4.98 Å². The first-order valence-electron chi connectivity index (χ1n) is 6.86. The van der Waals surface area contributed by atoms with Crippen LogP contribution in [0.3, 0.4) is 0 Å². The first kappa shape index (κ1) is 15.3. The van der Waals surface area contributed by atoms with Crippen LogP contribution < -0.4 is 10.6 Å². The zero-order valence-corrected chi connectivity index (χ0v) is 12.8. The van der Waals surface area contributed by atoms with Gasteiger partial charge in [0.2, 0.25) is 5.91 Å². The van der Waals surface area contributed by atoms with Crippen molar-refractivity contribution in [3.8, 4) is 0 Å². The summed E-state index contributed by atoms with van der Waals surface area (Å²) in [6.45, 7) is 3.91. The average molecular weight is 304 g/mol. The second-order valence-corrected chi connectivity index (χ2v) is 5.21. The Hall–Kier alpha value is -2.07. The molecule has 2 N–H and O–H groups in total. The molecular formula is C16H18ClN3O. The van der Waals surface area contributed by atoms with Crippen molar-refractivity contribution >= 4 is 29.0 Å². The van der Waals surface area contributed by atoms with Gasteiger partial charge in [0.15, 0.2) is 0 Å². The van der Waals surface area contributed by atoms with Crippen LogP contribution >= 0.6 is 11.6 Å². The molecule has 1 aromatic carbocycles. The molecule has 0 aliphatic heterocycles. The fourth-order valence-electron chi connectivity index (χ4n) is 1.88. The molecule has 0 spiro atoms. The Balaban J connectivity index is 1.97. The Morgan fingerprint density at radius 3 is 2.81 bits per heavy atom. The monoisotopic (exact) mass is 303 g/mol. The summed E-state index contributed by atoms with van der Waals surface area (Å²) in [5, 5.41) is 6.47. The van der Waals surface area contributed by atoms with Gasteiger partial charge in [-0.25, -0.2) is 4.98 Å². The number of aromatic nitrogens is 1. The SMILES string of the molecule is CCc1cccc(NC(C)C(=O)Nc2ccc(Cl)cn2)c1. The molecule has 0 radical (unpaired) electrons. The Morgan fingerprint density at radius 2 is 2.14 bits per heavy atom. The van der Waals surface area contributed by atoms with Crippen LogP contribution in [0.4, 0.5) is 11.5 Å². The molecule has 0 aliphatic rings. The number of rotatable bonds is 5. The zero-order chi connectivity index (χ0) is 15.2. The van der Waals surface area contributed by atoms with E-state index in [1.165, 1.54) is 11.8 Å². The molecule has 0 saturated carbocycles. The summed E-state index contributed by atoms with van der Waals surface area (Å²) >= 11 is 5.76. The van der Waals surface area contributed by atoms with Crippen molar-refractivity contribution < 1.29 is 4.79 Å². The lowest BCUT2D eigenvalue weighted by molar-refractivity contribution is -0.116. The second-order valence-electron chi connectivity index (χ2n) is 4.77. The van der Waals surface area contributed by atoms with Gasteiger partial charge in [-0.3, -0.25) is 4.79 Å². The molecule has 2 rings (SSSR count). The fourth-order valence-corrected chi connectivity index (χ4v) is 1.99. The second kappa shape index (κ2) is 7.09. The first-order chi connectivity index (χ1) is 10.1. The normalized spacial score (nSPS) is 11.8. The van der Waals surface area contributed by atoms with Crippen molar-refractivity contribution in [3.63, 3.8) is 0 Å². The molecule has 5 heteroatoms. The number of anilines is 2. The van der Waals surface area contributed by atoms with Gasteiger partial charge in [0.05, 0.1) is 5.02 Å². The third-order valence-corrected chi connectivity index (χ3v) is 3.31. The van der Waals surface area contributed by atoms with Crippen LogP contribution in [0.15, 0.2) is 42.6 Å². The molecule has 1 atom stereocenters. The zero-order valence-electron chi connectivity index (χ0n) is 12.1. The number of pyridine rings is 1. The predicted molar refractivity (Wildman–Crippen MR) is 86.8 cm³/mol. The van der Waals surface area contributed by atoms with Gasteiger partial charge in [-0.2, -0.15) is 0 Å². The van der Waals surface area contributed by atoms with E-state index in [1.807, 2.05) is 25.1 Å². The molecule has 21 heavy (non-hydrogen) atoms. The predicted octanol–water partition coefficient (Wildman–Crippen LogP) is 3.74. The standard InChI is InChI=1S/C16H18ClN3O/c1-3-12-5-4-6-14(9-12)19-11(2)16(21)20-15-8-7-13(17)10-18-15/h4-11,19H,3H2,1-2H3,(H,18,20,21). The minimum Gasteiger partial charge on any atom is -0.374 e. The van der Waals surface area contributed by atoms with Crippen molar-refractivity contribution in [2.75, 3.05) is 10.6 Å². The summed E-state index contributed by atoms with van der Waals surface area (Å²) in [5.41, 5.74) is 2.16. The van der Waals surface area contributed by atoms with Crippen LogP contribution in [0.25, 0.3) is 0 Å². The van der Waals surface area contributed by atoms with Crippen LogP contribution in [-0.2, 0) is 11.2 Å². The summed E-state index contributed by atoms with van der Waals surface area (Å²) in [6, 6.07) is 11.0. The van der Waals surface area contributed by atoms with Gasteiger partial charge in [-0.15, -0.1) is 0 Å². The highest BCUT2D eigenvalue weighted by Gasteiger charge is 2.13. The molecule has 1 heterocycles. The Kier molecular flexibility index (Phi) is 5.17. The average Bonchev–Trinajstić information content (AvgIpc) is 2.49. The number of amides is 1. The molecule has 0 fully saturated rings. The molecule has 0 saturated heterocycles. The highest BCUT2D eigenvalue weighted by atomic mass is 35.5. The van der Waals surface area contributed by atoms with Gasteiger partial charge in [0, 0.05) is 11.9 Å². The Labute approximate surface area is 129 Å². The summed E-state index contributed by atoms with van der Waals surface area (Å²) < 4.78 is 0. The highest BCUT2D eigenvalue weighted by molar-refractivity contribution is 6.30. The van der Waals surface area contributed by atoms with E-state index in [0.717, 1.165) is 12.1 Å². The molecule has 2 aromatic rings. The van der Waals surface area contributed by atoms with Gasteiger partial charge in [-0.1, -0.05) is 30.7 Å². The maximum atomic E-state index is 12.1. The third kappa shape index (κ3) is 4.46. The number of halogens is 1. The third-order valence-electron chi connectivity index (χ3n) is 3.09. The topological polar surface area (TPSA) is 54.0 Å². The Bertz CT molecular complexity index is 613. The molecule has 1 unspecified atom stereocenters. The number of carbonyl (C=O) groups excluding carboxylic acids is 1. The fraction of sp³-hybridized carbons (Fsp3) is 0.250. The maximum Gasteiger partial charge on any atom is 0.247 e. The molecule has 0 bridgehead atoms. The smallest absolute Gasteiger partial charge is 0.247 e. The quantitative estimate of drug-likeness (QED) is 0.885. The lowest BCUT2D eigenvalue weighted by Gasteiger charge is -2.15. The highest BCUT2D eigenvalue weighted by Crippen LogP contribution is 2.13. The van der Waals surface area contributed by atoms with Crippen LogP contribution in [0, 0.1) is 0 Å². The number of nitrogens with zero attached hydrogens (tertiary/aromatic N) is 1. The summed E-state index contributed by atoms with van der Waals surface area (Å²) in [7, 11) is 0. The number of benzene rings is 1. The van der Waals surface area contributed by atoms with Crippen LogP contribution in [-0.4, -0.2) is 16.9 Å². The van der Waals surface area contributed by atoms with Crippen molar-refractivity contribution in [2.45, 2.75) is 26.3 Å². The van der Waals surface area contributed by atoms with E-state index < -0.39 is 0 Å². The number of nitrogens with one attached hydrogen (secondary N) is 2. The van der Waals surface area contributed by atoms with Crippen molar-refractivity contribution in [3.05, 3.63) is 53.2 Å². The van der Waals surface area contributed by atoms with E-state index >= 15 is 0 Å². The van der Waals surface area contributed by atoms with Crippen LogP contribution in [0.1, 0.15) is 19.4 Å². The van der Waals surface area contributed by atoms with Crippen LogP contribution in [0.2, 0.25) is 5.02 Å². The van der Waals surface area contributed by atoms with E-state index in [0.29, 0.717) is 10.8 Å². The maximum absolute atomic E-state index is 12.1. The number of hydrogen-bond acceptors (Lipinski definition) is 3. The van der Waals surface area contributed by atoms with E-state index in [9.17, 15) is 4.79 Å². The summed E-state index contributed by atoms with van der Waals surface area (Å²) in [4.78, 5) is 16.2. The summed E-state index contributed by atoms with van der Waals surface area (Å²) in [6.07, 6.45) is 2.46. The first-order valence-corrected chi connectivity index (χ1v) is 7.24. The Morgan fingerprint density at radius 1 is 1.33 bits per heavy atom. The number of aryl methyl sites for hydroxylation is 1.